The molecule has 6 heteroatoms. The van der Waals surface area contributed by atoms with Gasteiger partial charge >= 0.3 is 5.97 Å². The quantitative estimate of drug-likeness (QED) is 0.815. The van der Waals surface area contributed by atoms with E-state index in [4.69, 9.17) is 5.11 Å². The van der Waals surface area contributed by atoms with Crippen LogP contribution >= 0.6 is 0 Å². The maximum Gasteiger partial charge on any atom is 0.336 e. The fraction of sp³-hybridized carbons (Fsp3) is 0.308. The minimum Gasteiger partial charge on any atom is -0.478 e. The van der Waals surface area contributed by atoms with E-state index in [1.165, 1.54) is 24.1 Å². The summed E-state index contributed by atoms with van der Waals surface area (Å²) in [6.45, 7) is 2.15. The highest BCUT2D eigenvalue weighted by Gasteiger charge is 2.20. The highest BCUT2D eigenvalue weighted by atomic mass is 16.4. The Labute approximate surface area is 111 Å². The molecular weight excluding hydrogens is 248 g/mol. The molecule has 0 fully saturated rings. The summed E-state index contributed by atoms with van der Waals surface area (Å²) in [5.41, 5.74) is -0.00273. The predicted molar refractivity (Wildman–Crippen MR) is 69.0 cm³/mol. The van der Waals surface area contributed by atoms with Gasteiger partial charge in [0.1, 0.15) is 0 Å². The molecule has 0 aliphatic rings. The number of nitrogens with one attached hydrogen (secondary N) is 1. The van der Waals surface area contributed by atoms with E-state index in [2.05, 4.69) is 5.32 Å². The van der Waals surface area contributed by atoms with Crippen LogP contribution in [0.4, 0.5) is 0 Å². The molecule has 6 nitrogen and oxygen atoms in total. The summed E-state index contributed by atoms with van der Waals surface area (Å²) < 4.78 is 0. The molecule has 0 saturated carbocycles. The minimum absolute atomic E-state index is 0.0711. The molecule has 19 heavy (non-hydrogen) atoms. The third-order valence-electron chi connectivity index (χ3n) is 2.49. The molecule has 0 saturated heterocycles. The molecule has 2 N–H and O–H groups in total. The first-order chi connectivity index (χ1) is 8.97. The Morgan fingerprint density at radius 1 is 1.21 bits per heavy atom. The van der Waals surface area contributed by atoms with Gasteiger partial charge in [-0.25, -0.2) is 4.79 Å². The zero-order valence-corrected chi connectivity index (χ0v) is 10.8. The number of carboxylic acids is 1. The Bertz CT molecular complexity index is 499. The summed E-state index contributed by atoms with van der Waals surface area (Å²) in [6.07, 6.45) is 0. The molecule has 0 radical (unpaired) electrons. The van der Waals surface area contributed by atoms with Gasteiger partial charge in [0.2, 0.25) is 5.91 Å². The van der Waals surface area contributed by atoms with Crippen LogP contribution in [0, 0.1) is 0 Å². The lowest BCUT2D eigenvalue weighted by molar-refractivity contribution is -0.121. The second kappa shape index (κ2) is 6.53. The third-order valence-corrected chi connectivity index (χ3v) is 2.49. The van der Waals surface area contributed by atoms with Crippen molar-refractivity contribution in [1.82, 2.24) is 10.2 Å². The predicted octanol–water partition coefficient (Wildman–Crippen LogP) is 0.593. The molecule has 0 atom stereocenters. The Morgan fingerprint density at radius 3 is 2.32 bits per heavy atom. The fourth-order valence-electron chi connectivity index (χ4n) is 1.60. The Hall–Kier alpha value is -2.37. The molecule has 1 aromatic carbocycles. The number of rotatable bonds is 5. The molecule has 0 aromatic heterocycles. The number of benzene rings is 1. The zero-order valence-electron chi connectivity index (χ0n) is 10.8. The highest BCUT2D eigenvalue weighted by molar-refractivity contribution is 6.05. The van der Waals surface area contributed by atoms with Crippen molar-refractivity contribution >= 4 is 17.8 Å². The number of carboxylic acid groups (broad SMARTS) is 1. The summed E-state index contributed by atoms with van der Waals surface area (Å²) in [5.74, 6) is -1.95. The van der Waals surface area contributed by atoms with E-state index in [0.717, 1.165) is 0 Å². The van der Waals surface area contributed by atoms with Crippen molar-refractivity contribution in [3.63, 3.8) is 0 Å². The Balaban J connectivity index is 2.88. The van der Waals surface area contributed by atoms with Crippen molar-refractivity contribution in [3.8, 4) is 0 Å². The minimum atomic E-state index is -1.17. The second-order valence-electron chi connectivity index (χ2n) is 3.97. The maximum atomic E-state index is 12.1. The van der Waals surface area contributed by atoms with E-state index in [9.17, 15) is 14.4 Å². The molecule has 0 unspecified atom stereocenters. The van der Waals surface area contributed by atoms with Gasteiger partial charge in [-0.2, -0.15) is 0 Å². The van der Waals surface area contributed by atoms with Gasteiger partial charge in [0.15, 0.2) is 0 Å². The van der Waals surface area contributed by atoms with E-state index in [1.807, 2.05) is 0 Å². The fourth-order valence-corrected chi connectivity index (χ4v) is 1.60. The summed E-state index contributed by atoms with van der Waals surface area (Å²) >= 11 is 0. The van der Waals surface area contributed by atoms with Crippen LogP contribution in [0.3, 0.4) is 0 Å². The van der Waals surface area contributed by atoms with Gasteiger partial charge in [0.05, 0.1) is 17.7 Å². The first kappa shape index (κ1) is 14.7. The van der Waals surface area contributed by atoms with Crippen molar-refractivity contribution in [3.05, 3.63) is 35.4 Å². The first-order valence-corrected chi connectivity index (χ1v) is 5.81. The molecule has 2 amide bonds. The highest BCUT2D eigenvalue weighted by Crippen LogP contribution is 2.11. The molecule has 1 rings (SSSR count). The molecule has 0 aliphatic heterocycles. The average Bonchev–Trinajstić information content (AvgIpc) is 2.37. The van der Waals surface area contributed by atoms with E-state index < -0.39 is 11.9 Å². The van der Waals surface area contributed by atoms with Crippen LogP contribution in [0.2, 0.25) is 0 Å². The van der Waals surface area contributed by atoms with Crippen molar-refractivity contribution in [2.75, 3.05) is 20.1 Å². The lowest BCUT2D eigenvalue weighted by Crippen LogP contribution is -2.38. The van der Waals surface area contributed by atoms with Crippen LogP contribution in [0.25, 0.3) is 0 Å². The summed E-state index contributed by atoms with van der Waals surface area (Å²) in [5, 5.41) is 11.6. The van der Waals surface area contributed by atoms with Crippen LogP contribution in [-0.4, -0.2) is 47.9 Å². The molecule has 0 aliphatic carbocycles. The van der Waals surface area contributed by atoms with Crippen molar-refractivity contribution in [1.29, 1.82) is 0 Å². The SMILES string of the molecule is CCNC(=O)CN(C)C(=O)c1ccccc1C(=O)O. The van der Waals surface area contributed by atoms with E-state index in [0.29, 0.717) is 6.54 Å². The van der Waals surface area contributed by atoms with Gasteiger partial charge in [-0.15, -0.1) is 0 Å². The topological polar surface area (TPSA) is 86.7 Å². The molecule has 102 valence electrons. The van der Waals surface area contributed by atoms with Crippen LogP contribution in [0.1, 0.15) is 27.6 Å². The normalized spacial score (nSPS) is 9.79. The molecule has 1 aromatic rings. The smallest absolute Gasteiger partial charge is 0.336 e. The van der Waals surface area contributed by atoms with Crippen LogP contribution in [0.15, 0.2) is 24.3 Å². The number of hydrogen-bond acceptors (Lipinski definition) is 3. The first-order valence-electron chi connectivity index (χ1n) is 5.81. The van der Waals surface area contributed by atoms with Gasteiger partial charge in [-0.1, -0.05) is 12.1 Å². The van der Waals surface area contributed by atoms with Crippen LogP contribution < -0.4 is 5.32 Å². The van der Waals surface area contributed by atoms with Gasteiger partial charge in [0.25, 0.3) is 5.91 Å². The van der Waals surface area contributed by atoms with Crippen molar-refractivity contribution in [2.45, 2.75) is 6.92 Å². The van der Waals surface area contributed by atoms with Gasteiger partial charge in [0, 0.05) is 13.6 Å². The Morgan fingerprint density at radius 2 is 1.79 bits per heavy atom. The molecule has 0 bridgehead atoms. The molecular formula is C13H16N2O4. The lowest BCUT2D eigenvalue weighted by atomic mass is 10.1. The molecule has 0 heterocycles. The van der Waals surface area contributed by atoms with Gasteiger partial charge in [-0.3, -0.25) is 9.59 Å². The van der Waals surface area contributed by atoms with Crippen molar-refractivity contribution < 1.29 is 19.5 Å². The largest absolute Gasteiger partial charge is 0.478 e. The standard InChI is InChI=1S/C13H16N2O4/c1-3-14-11(16)8-15(2)12(17)9-6-4-5-7-10(9)13(18)19/h4-7H,3,8H2,1-2H3,(H,14,16)(H,18,19). The number of carbonyl (C=O) groups is 3. The van der Waals surface area contributed by atoms with E-state index >= 15 is 0 Å². The number of carbonyl (C=O) groups excluding carboxylic acids is 2. The number of likely N-dealkylation sites (N-methyl/N-ethyl adjacent to an activating group) is 2. The van der Waals surface area contributed by atoms with E-state index in [1.54, 1.807) is 19.1 Å². The van der Waals surface area contributed by atoms with Crippen LogP contribution in [0.5, 0.6) is 0 Å². The number of hydrogen-bond donors (Lipinski definition) is 2. The zero-order chi connectivity index (χ0) is 14.4. The van der Waals surface area contributed by atoms with Crippen molar-refractivity contribution in [2.24, 2.45) is 0 Å². The number of amides is 2. The monoisotopic (exact) mass is 264 g/mol. The van der Waals surface area contributed by atoms with Gasteiger partial charge < -0.3 is 15.3 Å². The number of nitrogens with zero attached hydrogens (tertiary/aromatic N) is 1. The number of aromatic carboxylic acids is 1. The third kappa shape index (κ3) is 3.80. The lowest BCUT2D eigenvalue weighted by Gasteiger charge is -2.17. The maximum absolute atomic E-state index is 12.1. The molecule has 0 spiro atoms. The van der Waals surface area contributed by atoms with Gasteiger partial charge in [-0.05, 0) is 19.1 Å². The second-order valence-corrected chi connectivity index (χ2v) is 3.97. The van der Waals surface area contributed by atoms with Crippen LogP contribution in [-0.2, 0) is 4.79 Å². The summed E-state index contributed by atoms with van der Waals surface area (Å²) in [4.78, 5) is 35.7. The van der Waals surface area contributed by atoms with E-state index in [-0.39, 0.29) is 23.6 Å². The Kier molecular flexibility index (Phi) is 5.05. The average molecular weight is 264 g/mol. The summed E-state index contributed by atoms with van der Waals surface area (Å²) in [6, 6.07) is 5.92. The summed E-state index contributed by atoms with van der Waals surface area (Å²) in [7, 11) is 1.45.